The van der Waals surface area contributed by atoms with Crippen LogP contribution in [0.4, 0.5) is 14.5 Å². The Morgan fingerprint density at radius 3 is 2.43 bits per heavy atom. The molecule has 0 bridgehead atoms. The summed E-state index contributed by atoms with van der Waals surface area (Å²) in [6, 6.07) is 20.7. The Balaban J connectivity index is 1.60. The molecule has 0 fully saturated rings. The van der Waals surface area contributed by atoms with Crippen LogP contribution in [-0.2, 0) is 11.2 Å². The van der Waals surface area contributed by atoms with Crippen molar-refractivity contribution in [2.45, 2.75) is 19.4 Å². The number of hydrogen-bond donors (Lipinski definition) is 2. The topological polar surface area (TPSA) is 41.1 Å². The zero-order valence-corrected chi connectivity index (χ0v) is 15.6. The molecule has 3 aromatic rings. The lowest BCUT2D eigenvalue weighted by molar-refractivity contribution is -0.115. The Hall–Kier alpha value is -3.05. The van der Waals surface area contributed by atoms with E-state index in [0.717, 1.165) is 22.9 Å². The number of benzene rings is 3. The summed E-state index contributed by atoms with van der Waals surface area (Å²) in [5.74, 6) is -1.48. The molecule has 1 atom stereocenters. The molecule has 0 aliphatic carbocycles. The molecule has 0 aliphatic heterocycles. The Morgan fingerprint density at radius 2 is 1.68 bits per heavy atom. The van der Waals surface area contributed by atoms with Gasteiger partial charge in [-0.3, -0.25) is 4.79 Å². The molecule has 3 rings (SSSR count). The van der Waals surface area contributed by atoms with Crippen molar-refractivity contribution in [3.8, 4) is 0 Å². The first-order valence-electron chi connectivity index (χ1n) is 9.13. The fourth-order valence-corrected chi connectivity index (χ4v) is 3.01. The average molecular weight is 380 g/mol. The first kappa shape index (κ1) is 19.7. The van der Waals surface area contributed by atoms with E-state index >= 15 is 0 Å². The van der Waals surface area contributed by atoms with Crippen LogP contribution in [0.3, 0.4) is 0 Å². The molecule has 0 radical (unpaired) electrons. The second-order valence-corrected chi connectivity index (χ2v) is 6.64. The summed E-state index contributed by atoms with van der Waals surface area (Å²) >= 11 is 0. The third-order valence-corrected chi connectivity index (χ3v) is 4.53. The summed E-state index contributed by atoms with van der Waals surface area (Å²) in [6.45, 7) is 1.74. The fourth-order valence-electron chi connectivity index (χ4n) is 3.01. The minimum atomic E-state index is -0.631. The highest BCUT2D eigenvalue weighted by Gasteiger charge is 2.13. The van der Waals surface area contributed by atoms with E-state index in [1.807, 2.05) is 54.6 Å². The maximum Gasteiger partial charge on any atom is 0.238 e. The van der Waals surface area contributed by atoms with Gasteiger partial charge in [0.25, 0.3) is 0 Å². The van der Waals surface area contributed by atoms with E-state index in [-0.39, 0.29) is 12.5 Å². The molecular formula is C23H22F2N2O. The van der Waals surface area contributed by atoms with Gasteiger partial charge in [0.1, 0.15) is 11.6 Å². The van der Waals surface area contributed by atoms with Gasteiger partial charge >= 0.3 is 0 Å². The molecule has 0 saturated heterocycles. The second kappa shape index (κ2) is 9.24. The quantitative estimate of drug-likeness (QED) is 0.616. The molecule has 3 aromatic carbocycles. The lowest BCUT2D eigenvalue weighted by atomic mass is 10.0. The third-order valence-electron chi connectivity index (χ3n) is 4.53. The van der Waals surface area contributed by atoms with Crippen molar-refractivity contribution < 1.29 is 13.6 Å². The van der Waals surface area contributed by atoms with E-state index in [9.17, 15) is 13.6 Å². The molecule has 5 heteroatoms. The zero-order valence-electron chi connectivity index (χ0n) is 15.6. The zero-order chi connectivity index (χ0) is 19.9. The lowest BCUT2D eigenvalue weighted by Crippen LogP contribution is -2.30. The van der Waals surface area contributed by atoms with Crippen molar-refractivity contribution in [3.63, 3.8) is 0 Å². The third kappa shape index (κ3) is 5.24. The van der Waals surface area contributed by atoms with E-state index in [1.54, 1.807) is 6.92 Å². The Labute approximate surface area is 163 Å². The van der Waals surface area contributed by atoms with Crippen molar-refractivity contribution in [1.29, 1.82) is 0 Å². The summed E-state index contributed by atoms with van der Waals surface area (Å²) in [4.78, 5) is 12.4. The van der Waals surface area contributed by atoms with Crippen molar-refractivity contribution in [3.05, 3.63) is 101 Å². The summed E-state index contributed by atoms with van der Waals surface area (Å²) in [5, 5.41) is 5.88. The van der Waals surface area contributed by atoms with Gasteiger partial charge in [-0.05, 0) is 36.6 Å². The number of amides is 1. The average Bonchev–Trinajstić information content (AvgIpc) is 2.68. The number of carbonyl (C=O) groups excluding carboxylic acids is 1. The summed E-state index contributed by atoms with van der Waals surface area (Å²) in [7, 11) is 0. The molecular weight excluding hydrogens is 358 g/mol. The number of para-hydroxylation sites is 1. The van der Waals surface area contributed by atoms with E-state index in [0.29, 0.717) is 12.0 Å². The van der Waals surface area contributed by atoms with E-state index in [2.05, 4.69) is 10.6 Å². The maximum absolute atomic E-state index is 13.9. The highest BCUT2D eigenvalue weighted by atomic mass is 19.1. The van der Waals surface area contributed by atoms with Crippen LogP contribution in [0.25, 0.3) is 0 Å². The molecule has 0 aliphatic rings. The predicted molar refractivity (Wildman–Crippen MR) is 107 cm³/mol. The highest BCUT2D eigenvalue weighted by Crippen LogP contribution is 2.20. The van der Waals surface area contributed by atoms with E-state index in [4.69, 9.17) is 0 Å². The van der Waals surface area contributed by atoms with Crippen molar-refractivity contribution >= 4 is 11.6 Å². The SMILES string of the molecule is C[C@H](NCC(=O)Nc1ccccc1Cc1ccccc1)c1ccc(F)cc1F. The van der Waals surface area contributed by atoms with Crippen LogP contribution in [0.5, 0.6) is 0 Å². The van der Waals surface area contributed by atoms with Gasteiger partial charge in [-0.15, -0.1) is 0 Å². The number of nitrogens with one attached hydrogen (secondary N) is 2. The van der Waals surface area contributed by atoms with Crippen molar-refractivity contribution in [1.82, 2.24) is 5.32 Å². The summed E-state index contributed by atoms with van der Waals surface area (Å²) in [6.07, 6.45) is 0.710. The monoisotopic (exact) mass is 380 g/mol. The normalized spacial score (nSPS) is 11.8. The molecule has 144 valence electrons. The number of rotatable bonds is 7. The minimum absolute atomic E-state index is 0.0116. The van der Waals surface area contributed by atoms with Crippen LogP contribution >= 0.6 is 0 Å². The molecule has 0 aromatic heterocycles. The number of hydrogen-bond acceptors (Lipinski definition) is 2. The van der Waals surface area contributed by atoms with Crippen LogP contribution in [-0.4, -0.2) is 12.5 Å². The van der Waals surface area contributed by atoms with Gasteiger partial charge in [0.05, 0.1) is 6.54 Å². The van der Waals surface area contributed by atoms with Crippen LogP contribution in [0.2, 0.25) is 0 Å². The number of anilines is 1. The van der Waals surface area contributed by atoms with Gasteiger partial charge < -0.3 is 10.6 Å². The molecule has 0 saturated carbocycles. The lowest BCUT2D eigenvalue weighted by Gasteiger charge is -2.16. The fraction of sp³-hybridized carbons (Fsp3) is 0.174. The van der Waals surface area contributed by atoms with Crippen molar-refractivity contribution in [2.24, 2.45) is 0 Å². The van der Waals surface area contributed by atoms with Gasteiger partial charge in [0.2, 0.25) is 5.91 Å². The minimum Gasteiger partial charge on any atom is -0.325 e. The van der Waals surface area contributed by atoms with E-state index < -0.39 is 17.7 Å². The van der Waals surface area contributed by atoms with Crippen LogP contribution in [0.15, 0.2) is 72.8 Å². The molecule has 28 heavy (non-hydrogen) atoms. The first-order chi connectivity index (χ1) is 13.5. The maximum atomic E-state index is 13.9. The largest absolute Gasteiger partial charge is 0.325 e. The smallest absolute Gasteiger partial charge is 0.238 e. The van der Waals surface area contributed by atoms with Gasteiger partial charge in [0, 0.05) is 23.4 Å². The Morgan fingerprint density at radius 1 is 0.964 bits per heavy atom. The van der Waals surface area contributed by atoms with Gasteiger partial charge in [-0.1, -0.05) is 54.6 Å². The number of carbonyl (C=O) groups is 1. The second-order valence-electron chi connectivity index (χ2n) is 6.64. The molecule has 1 amide bonds. The van der Waals surface area contributed by atoms with Gasteiger partial charge in [-0.25, -0.2) is 8.78 Å². The van der Waals surface area contributed by atoms with Gasteiger partial charge in [0.15, 0.2) is 0 Å². The van der Waals surface area contributed by atoms with Crippen LogP contribution in [0, 0.1) is 11.6 Å². The molecule has 0 spiro atoms. The van der Waals surface area contributed by atoms with Gasteiger partial charge in [-0.2, -0.15) is 0 Å². The first-order valence-corrected chi connectivity index (χ1v) is 9.13. The number of halogens is 2. The van der Waals surface area contributed by atoms with Crippen LogP contribution < -0.4 is 10.6 Å². The molecule has 0 heterocycles. The Kier molecular flexibility index (Phi) is 6.50. The standard InChI is InChI=1S/C23H22F2N2O/c1-16(20-12-11-19(24)14-21(20)25)26-15-23(28)27-22-10-6-5-9-18(22)13-17-7-3-2-4-8-17/h2-12,14,16,26H,13,15H2,1H3,(H,27,28)/t16-/m0/s1. The summed E-state index contributed by atoms with van der Waals surface area (Å²) in [5.41, 5.74) is 3.24. The predicted octanol–water partition coefficient (Wildman–Crippen LogP) is 4.84. The Bertz CT molecular complexity index is 944. The molecule has 3 nitrogen and oxygen atoms in total. The summed E-state index contributed by atoms with van der Waals surface area (Å²) < 4.78 is 26.9. The van der Waals surface area contributed by atoms with Crippen molar-refractivity contribution in [2.75, 3.05) is 11.9 Å². The molecule has 0 unspecified atom stereocenters. The molecule has 2 N–H and O–H groups in total. The highest BCUT2D eigenvalue weighted by molar-refractivity contribution is 5.93. The van der Waals surface area contributed by atoms with Crippen LogP contribution in [0.1, 0.15) is 29.7 Å². The van der Waals surface area contributed by atoms with E-state index in [1.165, 1.54) is 12.1 Å².